The van der Waals surface area contributed by atoms with Gasteiger partial charge in [0.05, 0.1) is 5.69 Å². The van der Waals surface area contributed by atoms with Crippen LogP contribution in [0.3, 0.4) is 0 Å². The zero-order valence-electron chi connectivity index (χ0n) is 9.69. The van der Waals surface area contributed by atoms with Crippen molar-refractivity contribution in [2.75, 3.05) is 5.73 Å². The van der Waals surface area contributed by atoms with Gasteiger partial charge in [0.2, 0.25) is 0 Å². The van der Waals surface area contributed by atoms with Crippen LogP contribution in [-0.4, -0.2) is 14.8 Å². The molecule has 4 nitrogen and oxygen atoms in total. The van der Waals surface area contributed by atoms with Gasteiger partial charge in [-0.15, -0.1) is 0 Å². The van der Waals surface area contributed by atoms with Crippen molar-refractivity contribution >= 4 is 5.69 Å². The quantitative estimate of drug-likeness (QED) is 0.695. The summed E-state index contributed by atoms with van der Waals surface area (Å²) in [7, 11) is 0. The van der Waals surface area contributed by atoms with Crippen LogP contribution < -0.4 is 5.73 Å². The second-order valence-corrected chi connectivity index (χ2v) is 3.96. The first-order valence-corrected chi connectivity index (χ1v) is 5.66. The number of benzene rings is 1. The third-order valence-electron chi connectivity index (χ3n) is 2.68. The summed E-state index contributed by atoms with van der Waals surface area (Å²) in [6, 6.07) is 15.4. The van der Waals surface area contributed by atoms with Gasteiger partial charge in [0.25, 0.3) is 0 Å². The van der Waals surface area contributed by atoms with E-state index in [2.05, 4.69) is 10.1 Å². The van der Waals surface area contributed by atoms with E-state index in [0.717, 1.165) is 22.8 Å². The van der Waals surface area contributed by atoms with Gasteiger partial charge < -0.3 is 5.73 Å². The number of hydrogen-bond donors (Lipinski definition) is 1. The summed E-state index contributed by atoms with van der Waals surface area (Å²) in [6.07, 6.45) is 3.65. The zero-order chi connectivity index (χ0) is 12.4. The SMILES string of the molecule is Nc1ccc(-c2ccn(-c3ccccn3)n2)cc1. The van der Waals surface area contributed by atoms with Gasteiger partial charge >= 0.3 is 0 Å². The molecule has 3 rings (SSSR count). The lowest BCUT2D eigenvalue weighted by Gasteiger charge is -1.99. The summed E-state index contributed by atoms with van der Waals surface area (Å²) in [4.78, 5) is 4.25. The van der Waals surface area contributed by atoms with E-state index in [1.54, 1.807) is 10.9 Å². The maximum atomic E-state index is 5.67. The second-order valence-electron chi connectivity index (χ2n) is 3.96. The Kier molecular flexibility index (Phi) is 2.53. The summed E-state index contributed by atoms with van der Waals surface area (Å²) >= 11 is 0. The molecule has 4 heteroatoms. The van der Waals surface area contributed by atoms with Crippen LogP contribution in [0.4, 0.5) is 5.69 Å². The van der Waals surface area contributed by atoms with E-state index in [0.29, 0.717) is 0 Å². The predicted octanol–water partition coefficient (Wildman–Crippen LogP) is 2.52. The Labute approximate surface area is 105 Å². The lowest BCUT2D eigenvalue weighted by Crippen LogP contribution is -1.97. The molecular formula is C14H12N4. The molecule has 3 aromatic rings. The van der Waals surface area contributed by atoms with Crippen molar-refractivity contribution in [1.29, 1.82) is 0 Å². The number of hydrogen-bond acceptors (Lipinski definition) is 3. The molecule has 88 valence electrons. The minimum absolute atomic E-state index is 0.753. The molecule has 0 saturated heterocycles. The van der Waals surface area contributed by atoms with Gasteiger partial charge in [-0.3, -0.25) is 0 Å². The van der Waals surface area contributed by atoms with E-state index < -0.39 is 0 Å². The lowest BCUT2D eigenvalue weighted by atomic mass is 10.1. The summed E-state index contributed by atoms with van der Waals surface area (Å²) in [5.41, 5.74) is 8.36. The van der Waals surface area contributed by atoms with Gasteiger partial charge in [-0.05, 0) is 30.3 Å². The summed E-state index contributed by atoms with van der Waals surface area (Å²) in [5, 5.41) is 4.49. The third-order valence-corrected chi connectivity index (χ3v) is 2.68. The molecule has 0 atom stereocenters. The summed E-state index contributed by atoms with van der Waals surface area (Å²) in [6.45, 7) is 0. The molecule has 0 fully saturated rings. The highest BCUT2D eigenvalue weighted by atomic mass is 15.3. The van der Waals surface area contributed by atoms with Gasteiger partial charge in [-0.25, -0.2) is 9.67 Å². The Morgan fingerprint density at radius 3 is 2.50 bits per heavy atom. The molecule has 0 spiro atoms. The Morgan fingerprint density at radius 2 is 1.78 bits per heavy atom. The van der Waals surface area contributed by atoms with Crippen molar-refractivity contribution in [1.82, 2.24) is 14.8 Å². The molecule has 0 aliphatic rings. The average Bonchev–Trinajstić information content (AvgIpc) is 2.90. The van der Waals surface area contributed by atoms with E-state index >= 15 is 0 Å². The molecule has 0 aliphatic carbocycles. The molecule has 2 aromatic heterocycles. The number of anilines is 1. The minimum atomic E-state index is 0.753. The second kappa shape index (κ2) is 4.33. The fourth-order valence-corrected chi connectivity index (χ4v) is 1.75. The minimum Gasteiger partial charge on any atom is -0.399 e. The molecule has 2 N–H and O–H groups in total. The molecule has 0 unspecified atom stereocenters. The van der Waals surface area contributed by atoms with Crippen LogP contribution in [0.15, 0.2) is 60.9 Å². The van der Waals surface area contributed by atoms with Crippen molar-refractivity contribution in [3.05, 3.63) is 60.9 Å². The largest absolute Gasteiger partial charge is 0.399 e. The van der Waals surface area contributed by atoms with Crippen LogP contribution in [0, 0.1) is 0 Å². The van der Waals surface area contributed by atoms with Crippen molar-refractivity contribution in [3.8, 4) is 17.1 Å². The first-order chi connectivity index (χ1) is 8.83. The predicted molar refractivity (Wildman–Crippen MR) is 71.2 cm³/mol. The number of rotatable bonds is 2. The van der Waals surface area contributed by atoms with Crippen molar-refractivity contribution in [2.24, 2.45) is 0 Å². The number of nitrogen functional groups attached to an aromatic ring is 1. The highest BCUT2D eigenvalue weighted by Crippen LogP contribution is 2.19. The van der Waals surface area contributed by atoms with Crippen LogP contribution in [0.1, 0.15) is 0 Å². The van der Waals surface area contributed by atoms with E-state index in [9.17, 15) is 0 Å². The first-order valence-electron chi connectivity index (χ1n) is 5.66. The number of pyridine rings is 1. The molecule has 1 aromatic carbocycles. The molecule has 0 amide bonds. The summed E-state index contributed by atoms with van der Waals surface area (Å²) in [5.74, 6) is 0.805. The Bertz CT molecular complexity index is 641. The fourth-order valence-electron chi connectivity index (χ4n) is 1.75. The molecule has 0 saturated carbocycles. The first kappa shape index (κ1) is 10.5. The molecule has 0 aliphatic heterocycles. The highest BCUT2D eigenvalue weighted by Gasteiger charge is 2.03. The van der Waals surface area contributed by atoms with Crippen molar-refractivity contribution in [3.63, 3.8) is 0 Å². The van der Waals surface area contributed by atoms with Gasteiger partial charge in [0.1, 0.15) is 0 Å². The normalized spacial score (nSPS) is 10.4. The van der Waals surface area contributed by atoms with E-state index in [4.69, 9.17) is 5.73 Å². The van der Waals surface area contributed by atoms with Crippen LogP contribution in [0.2, 0.25) is 0 Å². The maximum Gasteiger partial charge on any atom is 0.153 e. The topological polar surface area (TPSA) is 56.7 Å². The molecular weight excluding hydrogens is 224 g/mol. The Balaban J connectivity index is 1.97. The standard InChI is InChI=1S/C14H12N4/c15-12-6-4-11(5-7-12)13-8-10-18(17-13)14-3-1-2-9-16-14/h1-10H,15H2. The summed E-state index contributed by atoms with van der Waals surface area (Å²) < 4.78 is 1.76. The van der Waals surface area contributed by atoms with Gasteiger partial charge in [0.15, 0.2) is 5.82 Å². The van der Waals surface area contributed by atoms with Gasteiger partial charge in [0, 0.05) is 23.6 Å². The van der Waals surface area contributed by atoms with E-state index in [-0.39, 0.29) is 0 Å². The smallest absolute Gasteiger partial charge is 0.153 e. The lowest BCUT2D eigenvalue weighted by molar-refractivity contribution is 0.850. The number of aromatic nitrogens is 3. The molecule has 18 heavy (non-hydrogen) atoms. The van der Waals surface area contributed by atoms with Crippen LogP contribution in [0.5, 0.6) is 0 Å². The van der Waals surface area contributed by atoms with Gasteiger partial charge in [-0.2, -0.15) is 5.10 Å². The third kappa shape index (κ3) is 1.96. The van der Waals surface area contributed by atoms with Crippen molar-refractivity contribution in [2.45, 2.75) is 0 Å². The molecule has 0 radical (unpaired) electrons. The van der Waals surface area contributed by atoms with Crippen LogP contribution in [-0.2, 0) is 0 Å². The Hall–Kier alpha value is -2.62. The fraction of sp³-hybridized carbons (Fsp3) is 0. The van der Waals surface area contributed by atoms with Crippen molar-refractivity contribution < 1.29 is 0 Å². The molecule has 2 heterocycles. The number of nitrogens with two attached hydrogens (primary N) is 1. The highest BCUT2D eigenvalue weighted by molar-refractivity contribution is 5.61. The number of nitrogens with zero attached hydrogens (tertiary/aromatic N) is 3. The van der Waals surface area contributed by atoms with E-state index in [1.807, 2.05) is 54.7 Å². The van der Waals surface area contributed by atoms with Gasteiger partial charge in [-0.1, -0.05) is 18.2 Å². The zero-order valence-corrected chi connectivity index (χ0v) is 9.69. The molecule has 0 bridgehead atoms. The van der Waals surface area contributed by atoms with Crippen LogP contribution >= 0.6 is 0 Å². The Morgan fingerprint density at radius 1 is 0.944 bits per heavy atom. The average molecular weight is 236 g/mol. The monoisotopic (exact) mass is 236 g/mol. The maximum absolute atomic E-state index is 5.67. The van der Waals surface area contributed by atoms with E-state index in [1.165, 1.54) is 0 Å². The van der Waals surface area contributed by atoms with Crippen LogP contribution in [0.25, 0.3) is 17.1 Å².